The van der Waals surface area contributed by atoms with Gasteiger partial charge in [0, 0.05) is 37.2 Å². The molecule has 11 heteroatoms. The number of rotatable bonds is 11. The number of phenols is 1. The number of phenolic OH excluding ortho intramolecular Hbond substituents is 1. The van der Waals surface area contributed by atoms with Gasteiger partial charge in [-0.15, -0.1) is 0 Å². The molecule has 1 fully saturated rings. The quantitative estimate of drug-likeness (QED) is 0.135. The Morgan fingerprint density at radius 3 is 2.81 bits per heavy atom. The first kappa shape index (κ1) is 32.6. The molecule has 4 aliphatic heterocycles. The lowest BCUT2D eigenvalue weighted by molar-refractivity contribution is -0.167. The summed E-state index contributed by atoms with van der Waals surface area (Å²) in [5.41, 5.74) is 6.79. The summed E-state index contributed by atoms with van der Waals surface area (Å²) in [6.07, 6.45) is 12.3. The molecule has 11 nitrogen and oxygen atoms in total. The van der Waals surface area contributed by atoms with E-state index in [4.69, 9.17) is 24.4 Å². The summed E-state index contributed by atoms with van der Waals surface area (Å²) in [6.45, 7) is 10.9. The molecule has 1 unspecified atom stereocenters. The molecule has 252 valence electrons. The van der Waals surface area contributed by atoms with Crippen LogP contribution in [0.1, 0.15) is 71.1 Å². The lowest BCUT2D eigenvalue weighted by Crippen LogP contribution is -2.50. The number of fused-ring (bicyclic) bond motifs is 2. The maximum absolute atomic E-state index is 13.5. The van der Waals surface area contributed by atoms with E-state index in [1.807, 2.05) is 19.9 Å². The molecule has 0 aliphatic carbocycles. The van der Waals surface area contributed by atoms with Crippen molar-refractivity contribution in [2.75, 3.05) is 13.1 Å². The topological polar surface area (TPSA) is 161 Å². The van der Waals surface area contributed by atoms with Crippen LogP contribution in [0.2, 0.25) is 0 Å². The summed E-state index contributed by atoms with van der Waals surface area (Å²) < 4.78 is 23.8. The van der Waals surface area contributed by atoms with Gasteiger partial charge in [-0.05, 0) is 70.3 Å². The number of aryl methyl sites for hydroxylation is 1. The zero-order chi connectivity index (χ0) is 33.5. The van der Waals surface area contributed by atoms with E-state index in [-0.39, 0.29) is 40.7 Å². The van der Waals surface area contributed by atoms with Gasteiger partial charge < -0.3 is 45.4 Å². The Balaban J connectivity index is 1.08. The van der Waals surface area contributed by atoms with Gasteiger partial charge in [-0.2, -0.15) is 0 Å². The van der Waals surface area contributed by atoms with Gasteiger partial charge >= 0.3 is 5.97 Å². The van der Waals surface area contributed by atoms with Crippen molar-refractivity contribution < 1.29 is 28.5 Å². The van der Waals surface area contributed by atoms with E-state index < -0.39 is 23.3 Å². The number of ether oxygens (including phenoxy) is 3. The van der Waals surface area contributed by atoms with Crippen LogP contribution >= 0.6 is 0 Å². The minimum Gasteiger partial charge on any atom is -0.507 e. The Bertz CT molecular complexity index is 1750. The molecule has 0 radical (unpaired) electrons. The molecule has 0 bridgehead atoms. The van der Waals surface area contributed by atoms with Crippen molar-refractivity contribution in [3.05, 3.63) is 80.8 Å². The van der Waals surface area contributed by atoms with E-state index in [2.05, 4.69) is 41.1 Å². The van der Waals surface area contributed by atoms with Gasteiger partial charge in [-0.3, -0.25) is 4.79 Å². The second kappa shape index (κ2) is 12.7. The minimum absolute atomic E-state index is 0.0543. The molecule has 0 amide bonds. The molecule has 6 N–H and O–H groups in total. The van der Waals surface area contributed by atoms with Crippen LogP contribution in [0.5, 0.6) is 11.5 Å². The number of carbonyl (C=O) groups is 1. The van der Waals surface area contributed by atoms with Crippen molar-refractivity contribution in [1.82, 2.24) is 16.0 Å². The molecule has 4 atom stereocenters. The van der Waals surface area contributed by atoms with Crippen LogP contribution < -0.4 is 31.8 Å². The van der Waals surface area contributed by atoms with Crippen LogP contribution in [0.3, 0.4) is 0 Å². The minimum atomic E-state index is -1.10. The van der Waals surface area contributed by atoms with Gasteiger partial charge in [0.05, 0.1) is 23.8 Å². The van der Waals surface area contributed by atoms with Crippen LogP contribution in [0.25, 0.3) is 11.0 Å². The molecule has 1 aromatic carbocycles. The van der Waals surface area contributed by atoms with E-state index in [0.29, 0.717) is 35.7 Å². The van der Waals surface area contributed by atoms with Gasteiger partial charge in [-0.25, -0.2) is 4.79 Å². The fraction of sp³-hybridized carbons (Fsp3) is 0.500. The Kier molecular flexibility index (Phi) is 8.78. The molecule has 1 saturated heterocycles. The maximum atomic E-state index is 13.5. The molecular formula is C36H46N4O7. The second-order valence-electron chi connectivity index (χ2n) is 13.6. The SMILES string of the molecule is CCCCCNC1=CC(C2C=C(CC[C@H]3O[C@]3(C)C(=O)O[C@@H]3Cc4c(cc5oc(C)cc(=O)c5c4O)OC3(C)C)C=C(N)N2)=CCN1. The summed E-state index contributed by atoms with van der Waals surface area (Å²) in [6, 6.07) is 2.89. The standard InChI is InChI=1S/C36H46N4O7/c1-6-7-8-12-38-31-17-22(11-13-39-31)24-15-21(16-30(37)40-24)9-10-28-36(5,47-28)34(43)45-29-18-23-26(46-35(29,3)4)19-27-32(33(23)42)25(41)14-20(2)44-27/h11,14-17,19,24,28-29,38-40,42H,6-10,12-13,18,37H2,1-5H3/t24?,28-,29-,36+/m1/s1. The Hall–Kier alpha value is -4.38. The molecule has 6 rings (SSSR count). The van der Waals surface area contributed by atoms with Crippen LogP contribution in [-0.2, 0) is 20.7 Å². The van der Waals surface area contributed by atoms with Crippen molar-refractivity contribution in [3.8, 4) is 11.5 Å². The highest BCUT2D eigenvalue weighted by atomic mass is 16.7. The molecule has 4 aliphatic rings. The smallest absolute Gasteiger partial charge is 0.341 e. The average Bonchev–Trinajstić information content (AvgIpc) is 3.69. The number of dihydropyridines is 2. The molecule has 0 saturated carbocycles. The molecule has 2 aromatic rings. The van der Waals surface area contributed by atoms with Crippen LogP contribution in [-0.4, -0.2) is 53.6 Å². The lowest BCUT2D eigenvalue weighted by Gasteiger charge is -2.39. The maximum Gasteiger partial charge on any atom is 0.341 e. The number of aromatic hydroxyl groups is 1. The third-order valence-electron chi connectivity index (χ3n) is 9.45. The summed E-state index contributed by atoms with van der Waals surface area (Å²) in [5, 5.41) is 21.4. The predicted octanol–water partition coefficient (Wildman–Crippen LogP) is 4.22. The fourth-order valence-corrected chi connectivity index (χ4v) is 6.56. The summed E-state index contributed by atoms with van der Waals surface area (Å²) in [7, 11) is 0. The van der Waals surface area contributed by atoms with Crippen molar-refractivity contribution in [2.45, 2.75) is 103 Å². The number of nitrogens with one attached hydrogen (secondary N) is 3. The van der Waals surface area contributed by atoms with E-state index in [9.17, 15) is 14.7 Å². The zero-order valence-corrected chi connectivity index (χ0v) is 27.8. The molecule has 5 heterocycles. The number of benzene rings is 1. The Labute approximate surface area is 274 Å². The van der Waals surface area contributed by atoms with Crippen LogP contribution in [0.15, 0.2) is 68.4 Å². The molecule has 47 heavy (non-hydrogen) atoms. The van der Waals surface area contributed by atoms with E-state index in [1.165, 1.54) is 18.9 Å². The van der Waals surface area contributed by atoms with E-state index >= 15 is 0 Å². The Morgan fingerprint density at radius 1 is 1.21 bits per heavy atom. The fourth-order valence-electron chi connectivity index (χ4n) is 6.56. The Morgan fingerprint density at radius 2 is 2.02 bits per heavy atom. The zero-order valence-electron chi connectivity index (χ0n) is 27.8. The molecule has 0 spiro atoms. The number of epoxide rings is 1. The first-order valence-electron chi connectivity index (χ1n) is 16.6. The van der Waals surface area contributed by atoms with Crippen molar-refractivity contribution >= 4 is 16.9 Å². The highest BCUT2D eigenvalue weighted by Crippen LogP contribution is 2.45. The van der Waals surface area contributed by atoms with Crippen molar-refractivity contribution in [2.24, 2.45) is 5.73 Å². The average molecular weight is 647 g/mol. The third kappa shape index (κ3) is 6.72. The number of allylic oxidation sites excluding steroid dienone is 2. The lowest BCUT2D eigenvalue weighted by atomic mass is 9.89. The van der Waals surface area contributed by atoms with E-state index in [0.717, 1.165) is 36.5 Å². The number of nitrogens with two attached hydrogens (primary N) is 1. The number of hydrogen-bond donors (Lipinski definition) is 5. The van der Waals surface area contributed by atoms with Gasteiger partial charge in [0.2, 0.25) is 0 Å². The number of unbranched alkanes of at least 4 members (excludes halogenated alkanes) is 2. The van der Waals surface area contributed by atoms with Crippen LogP contribution in [0, 0.1) is 6.92 Å². The summed E-state index contributed by atoms with van der Waals surface area (Å²) >= 11 is 0. The molecular weight excluding hydrogens is 600 g/mol. The highest BCUT2D eigenvalue weighted by Gasteiger charge is 2.60. The number of hydrogen-bond acceptors (Lipinski definition) is 11. The normalized spacial score (nSPS) is 25.9. The van der Waals surface area contributed by atoms with Gasteiger partial charge in [0.1, 0.15) is 39.9 Å². The largest absolute Gasteiger partial charge is 0.507 e. The highest BCUT2D eigenvalue weighted by molar-refractivity contribution is 5.87. The summed E-state index contributed by atoms with van der Waals surface area (Å²) in [5.74, 6) is 1.74. The van der Waals surface area contributed by atoms with Crippen LogP contribution in [0.4, 0.5) is 0 Å². The van der Waals surface area contributed by atoms with Crippen molar-refractivity contribution in [3.63, 3.8) is 0 Å². The third-order valence-corrected chi connectivity index (χ3v) is 9.45. The van der Waals surface area contributed by atoms with Gasteiger partial charge in [0.15, 0.2) is 11.0 Å². The van der Waals surface area contributed by atoms with Crippen molar-refractivity contribution in [1.29, 1.82) is 0 Å². The first-order valence-corrected chi connectivity index (χ1v) is 16.6. The molecule has 1 aromatic heterocycles. The van der Waals surface area contributed by atoms with E-state index in [1.54, 1.807) is 19.9 Å². The van der Waals surface area contributed by atoms with Gasteiger partial charge in [0.25, 0.3) is 0 Å². The monoisotopic (exact) mass is 646 g/mol. The predicted molar refractivity (Wildman–Crippen MR) is 179 cm³/mol. The number of carbonyl (C=O) groups excluding carboxylic acids is 1. The van der Waals surface area contributed by atoms with Gasteiger partial charge in [-0.1, -0.05) is 31.9 Å². The summed E-state index contributed by atoms with van der Waals surface area (Å²) in [4.78, 5) is 26.1. The number of esters is 1. The second-order valence-corrected chi connectivity index (χ2v) is 13.6. The first-order chi connectivity index (χ1) is 22.4.